The normalized spacial score (nSPS) is 45.0. The van der Waals surface area contributed by atoms with Crippen molar-refractivity contribution in [3.05, 3.63) is 0 Å². The molecule has 1 N–H and O–H groups in total. The molecule has 3 atom stereocenters. The Morgan fingerprint density at radius 1 is 1.27 bits per heavy atom. The average Bonchev–Trinajstić information content (AvgIpc) is 2.31. The summed E-state index contributed by atoms with van der Waals surface area (Å²) in [5.74, 6) is 0.806. The lowest BCUT2D eigenvalue weighted by molar-refractivity contribution is 0.110. The fraction of sp³-hybridized carbons (Fsp3) is 1.00. The lowest BCUT2D eigenvalue weighted by Crippen LogP contribution is -2.38. The van der Waals surface area contributed by atoms with Crippen LogP contribution < -0.4 is 5.32 Å². The number of fused-ring (bicyclic) bond motifs is 1. The van der Waals surface area contributed by atoms with Crippen molar-refractivity contribution in [2.24, 2.45) is 5.92 Å². The predicted octanol–water partition coefficient (Wildman–Crippen LogP) is 1.16. The van der Waals surface area contributed by atoms with Crippen LogP contribution in [-0.4, -0.2) is 25.3 Å². The van der Waals surface area contributed by atoms with E-state index in [1.165, 1.54) is 19.3 Å². The zero-order valence-electron chi connectivity index (χ0n) is 7.18. The summed E-state index contributed by atoms with van der Waals surface area (Å²) in [7, 11) is 0. The number of rotatable bonds is 0. The number of nitrogens with one attached hydrogen (secondary N) is 1. The van der Waals surface area contributed by atoms with Crippen molar-refractivity contribution in [2.75, 3.05) is 13.2 Å². The first-order valence-electron chi connectivity index (χ1n) is 4.70. The summed E-state index contributed by atoms with van der Waals surface area (Å²) in [6.45, 7) is 4.09. The number of hydrogen-bond donors (Lipinski definition) is 1. The molecule has 2 aliphatic rings. The standard InChI is InChI=1S/C9H17NO/c1-7-5-11-6-8-3-2-4-9(8)10-7/h7-10H,2-6H2,1H3. The Hall–Kier alpha value is -0.0800. The monoisotopic (exact) mass is 155 g/mol. The van der Waals surface area contributed by atoms with Crippen molar-refractivity contribution in [1.29, 1.82) is 0 Å². The molecule has 0 bridgehead atoms. The largest absolute Gasteiger partial charge is 0.379 e. The third-order valence-corrected chi connectivity index (χ3v) is 2.86. The maximum Gasteiger partial charge on any atom is 0.0617 e. The minimum Gasteiger partial charge on any atom is -0.379 e. The van der Waals surface area contributed by atoms with E-state index in [1.807, 2.05) is 0 Å². The topological polar surface area (TPSA) is 21.3 Å². The smallest absolute Gasteiger partial charge is 0.0617 e. The Morgan fingerprint density at radius 2 is 2.18 bits per heavy atom. The van der Waals surface area contributed by atoms with Crippen LogP contribution in [0.4, 0.5) is 0 Å². The number of ether oxygens (including phenoxy) is 1. The quantitative estimate of drug-likeness (QED) is 0.567. The van der Waals surface area contributed by atoms with Crippen LogP contribution >= 0.6 is 0 Å². The Labute approximate surface area is 68.3 Å². The summed E-state index contributed by atoms with van der Waals surface area (Å²) in [5, 5.41) is 3.62. The minimum absolute atomic E-state index is 0.558. The second-order valence-corrected chi connectivity index (χ2v) is 3.90. The molecule has 11 heavy (non-hydrogen) atoms. The van der Waals surface area contributed by atoms with E-state index < -0.39 is 0 Å². The second-order valence-electron chi connectivity index (χ2n) is 3.90. The lowest BCUT2D eigenvalue weighted by atomic mass is 10.1. The van der Waals surface area contributed by atoms with E-state index in [9.17, 15) is 0 Å². The molecule has 2 nitrogen and oxygen atoms in total. The van der Waals surface area contributed by atoms with Gasteiger partial charge in [-0.05, 0) is 25.7 Å². The molecule has 3 unspecified atom stereocenters. The Bertz CT molecular complexity index is 138. The van der Waals surface area contributed by atoms with Crippen LogP contribution in [0.1, 0.15) is 26.2 Å². The Balaban J connectivity index is 1.98. The van der Waals surface area contributed by atoms with E-state index in [0.29, 0.717) is 6.04 Å². The van der Waals surface area contributed by atoms with Crippen LogP contribution in [0.25, 0.3) is 0 Å². The number of hydrogen-bond acceptors (Lipinski definition) is 2. The SMILES string of the molecule is CC1COCC2CCCC2N1. The van der Waals surface area contributed by atoms with E-state index >= 15 is 0 Å². The first-order valence-corrected chi connectivity index (χ1v) is 4.70. The summed E-state index contributed by atoms with van der Waals surface area (Å²) in [5.41, 5.74) is 0. The predicted molar refractivity (Wildman–Crippen MR) is 44.5 cm³/mol. The molecule has 1 heterocycles. The molecule has 2 rings (SSSR count). The van der Waals surface area contributed by atoms with E-state index in [-0.39, 0.29) is 0 Å². The van der Waals surface area contributed by atoms with Crippen LogP contribution in [0.5, 0.6) is 0 Å². The third kappa shape index (κ3) is 1.57. The highest BCUT2D eigenvalue weighted by Crippen LogP contribution is 2.27. The molecule has 0 aromatic rings. The molecular formula is C9H17NO. The third-order valence-electron chi connectivity index (χ3n) is 2.86. The molecule has 1 aliphatic carbocycles. The molecule has 0 amide bonds. The summed E-state index contributed by atoms with van der Waals surface area (Å²) in [6, 6.07) is 1.32. The highest BCUT2D eigenvalue weighted by atomic mass is 16.5. The van der Waals surface area contributed by atoms with Gasteiger partial charge in [0.2, 0.25) is 0 Å². The van der Waals surface area contributed by atoms with Crippen LogP contribution in [-0.2, 0) is 4.74 Å². The molecule has 2 fully saturated rings. The Kier molecular flexibility index (Phi) is 2.14. The summed E-state index contributed by atoms with van der Waals surface area (Å²) in [4.78, 5) is 0. The molecule has 0 aromatic heterocycles. The molecule has 1 saturated heterocycles. The second kappa shape index (κ2) is 3.11. The van der Waals surface area contributed by atoms with Gasteiger partial charge in [0.05, 0.1) is 13.2 Å². The summed E-state index contributed by atoms with van der Waals surface area (Å²) < 4.78 is 5.56. The first-order chi connectivity index (χ1) is 5.36. The fourth-order valence-electron chi connectivity index (χ4n) is 2.27. The van der Waals surface area contributed by atoms with Crippen LogP contribution in [0.2, 0.25) is 0 Å². The first kappa shape index (κ1) is 7.56. The molecule has 1 saturated carbocycles. The van der Waals surface area contributed by atoms with E-state index in [1.54, 1.807) is 0 Å². The van der Waals surface area contributed by atoms with Gasteiger partial charge >= 0.3 is 0 Å². The van der Waals surface area contributed by atoms with Crippen molar-refractivity contribution in [3.8, 4) is 0 Å². The molecule has 0 aromatic carbocycles. The zero-order valence-corrected chi connectivity index (χ0v) is 7.18. The summed E-state index contributed by atoms with van der Waals surface area (Å²) in [6.07, 6.45) is 4.11. The molecule has 0 spiro atoms. The van der Waals surface area contributed by atoms with Gasteiger partial charge in [-0.2, -0.15) is 0 Å². The van der Waals surface area contributed by atoms with Gasteiger partial charge in [-0.1, -0.05) is 6.42 Å². The average molecular weight is 155 g/mol. The lowest BCUT2D eigenvalue weighted by Gasteiger charge is -2.18. The van der Waals surface area contributed by atoms with Gasteiger partial charge in [-0.25, -0.2) is 0 Å². The molecule has 64 valence electrons. The van der Waals surface area contributed by atoms with Gasteiger partial charge in [0.15, 0.2) is 0 Å². The Morgan fingerprint density at radius 3 is 3.09 bits per heavy atom. The van der Waals surface area contributed by atoms with Gasteiger partial charge in [0.1, 0.15) is 0 Å². The molecule has 2 heteroatoms. The van der Waals surface area contributed by atoms with Crippen molar-refractivity contribution < 1.29 is 4.74 Å². The van der Waals surface area contributed by atoms with Gasteiger partial charge in [0.25, 0.3) is 0 Å². The highest BCUT2D eigenvalue weighted by Gasteiger charge is 2.30. The van der Waals surface area contributed by atoms with Crippen molar-refractivity contribution in [1.82, 2.24) is 5.32 Å². The summed E-state index contributed by atoms with van der Waals surface area (Å²) >= 11 is 0. The van der Waals surface area contributed by atoms with Gasteiger partial charge < -0.3 is 10.1 Å². The van der Waals surface area contributed by atoms with E-state index in [2.05, 4.69) is 12.2 Å². The highest BCUT2D eigenvalue weighted by molar-refractivity contribution is 4.86. The van der Waals surface area contributed by atoms with E-state index in [4.69, 9.17) is 4.74 Å². The fourth-order valence-corrected chi connectivity index (χ4v) is 2.27. The maximum atomic E-state index is 5.56. The van der Waals surface area contributed by atoms with Crippen LogP contribution in [0, 0.1) is 5.92 Å². The van der Waals surface area contributed by atoms with Crippen LogP contribution in [0.3, 0.4) is 0 Å². The van der Waals surface area contributed by atoms with Gasteiger partial charge in [0, 0.05) is 12.1 Å². The molecule has 0 radical (unpaired) electrons. The van der Waals surface area contributed by atoms with Crippen molar-refractivity contribution in [3.63, 3.8) is 0 Å². The van der Waals surface area contributed by atoms with Crippen molar-refractivity contribution in [2.45, 2.75) is 38.3 Å². The van der Waals surface area contributed by atoms with Gasteiger partial charge in [-0.15, -0.1) is 0 Å². The minimum atomic E-state index is 0.558. The maximum absolute atomic E-state index is 5.56. The van der Waals surface area contributed by atoms with Crippen LogP contribution in [0.15, 0.2) is 0 Å². The zero-order chi connectivity index (χ0) is 7.68. The molecule has 1 aliphatic heterocycles. The molecular weight excluding hydrogens is 138 g/mol. The van der Waals surface area contributed by atoms with E-state index in [0.717, 1.165) is 25.2 Å². The van der Waals surface area contributed by atoms with Gasteiger partial charge in [-0.3, -0.25) is 0 Å². The van der Waals surface area contributed by atoms with Crippen molar-refractivity contribution >= 4 is 0 Å².